The van der Waals surface area contributed by atoms with Gasteiger partial charge in [0.15, 0.2) is 0 Å². The molecule has 0 aliphatic carbocycles. The van der Waals surface area contributed by atoms with E-state index < -0.39 is 26.8 Å². The molecule has 1 atom stereocenters. The van der Waals surface area contributed by atoms with Crippen molar-refractivity contribution in [2.24, 2.45) is 0 Å². The number of aryl methyl sites for hydroxylation is 1. The highest BCUT2D eigenvalue weighted by atomic mass is 35.5. The molecule has 0 heterocycles. The van der Waals surface area contributed by atoms with E-state index in [1.165, 1.54) is 13.0 Å². The normalized spacial score (nSPS) is 13.8. The van der Waals surface area contributed by atoms with Gasteiger partial charge in [-0.2, -0.15) is 0 Å². The number of sulfone groups is 1. The fourth-order valence-corrected chi connectivity index (χ4v) is 2.84. The topological polar surface area (TPSA) is 34.1 Å². The molecule has 1 aromatic carbocycles. The van der Waals surface area contributed by atoms with Crippen molar-refractivity contribution in [2.75, 3.05) is 12.0 Å². The zero-order valence-corrected chi connectivity index (χ0v) is 10.4. The second-order valence-electron chi connectivity index (χ2n) is 3.68. The minimum absolute atomic E-state index is 0.00555. The summed E-state index contributed by atoms with van der Waals surface area (Å²) >= 11 is 5.78. The molecule has 1 aromatic rings. The van der Waals surface area contributed by atoms with E-state index in [1.54, 1.807) is 0 Å². The molecule has 1 rings (SSSR count). The van der Waals surface area contributed by atoms with E-state index in [1.807, 2.05) is 0 Å². The molecule has 0 aliphatic heterocycles. The molecular formula is C10H11ClF2O2S. The molecule has 0 bridgehead atoms. The summed E-state index contributed by atoms with van der Waals surface area (Å²) in [5.74, 6) is -1.88. The van der Waals surface area contributed by atoms with Crippen LogP contribution in [0.4, 0.5) is 8.78 Å². The smallest absolute Gasteiger partial charge is 0.149 e. The van der Waals surface area contributed by atoms with Gasteiger partial charge in [0, 0.05) is 17.9 Å². The van der Waals surface area contributed by atoms with Gasteiger partial charge in [0.25, 0.3) is 0 Å². The number of rotatable bonds is 3. The van der Waals surface area contributed by atoms with Crippen molar-refractivity contribution in [3.63, 3.8) is 0 Å². The van der Waals surface area contributed by atoms with Crippen LogP contribution in [0.3, 0.4) is 0 Å². The van der Waals surface area contributed by atoms with E-state index in [2.05, 4.69) is 0 Å². The predicted molar refractivity (Wildman–Crippen MR) is 59.4 cm³/mol. The second-order valence-corrected chi connectivity index (χ2v) is 6.39. The van der Waals surface area contributed by atoms with Crippen LogP contribution in [0.15, 0.2) is 12.1 Å². The lowest BCUT2D eigenvalue weighted by molar-refractivity contribution is 0.565. The van der Waals surface area contributed by atoms with Crippen LogP contribution in [0.25, 0.3) is 0 Å². The van der Waals surface area contributed by atoms with Crippen LogP contribution in [0.5, 0.6) is 0 Å². The Morgan fingerprint density at radius 2 is 1.88 bits per heavy atom. The van der Waals surface area contributed by atoms with Crippen LogP contribution < -0.4 is 0 Å². The van der Waals surface area contributed by atoms with Gasteiger partial charge in [-0.3, -0.25) is 0 Å². The van der Waals surface area contributed by atoms with Crippen molar-refractivity contribution < 1.29 is 17.2 Å². The Morgan fingerprint density at radius 1 is 1.31 bits per heavy atom. The summed E-state index contributed by atoms with van der Waals surface area (Å²) in [7, 11) is -3.30. The highest BCUT2D eigenvalue weighted by Crippen LogP contribution is 2.26. The summed E-state index contributed by atoms with van der Waals surface area (Å²) in [5, 5.41) is -1.01. The maximum atomic E-state index is 13.3. The van der Waals surface area contributed by atoms with Gasteiger partial charge in [-0.25, -0.2) is 17.2 Å². The molecule has 90 valence electrons. The molecule has 0 aliphatic rings. The van der Waals surface area contributed by atoms with Crippen LogP contribution in [0.2, 0.25) is 0 Å². The van der Waals surface area contributed by atoms with E-state index >= 15 is 0 Å². The summed E-state index contributed by atoms with van der Waals surface area (Å²) in [4.78, 5) is 0. The number of alkyl halides is 1. The number of hydrogen-bond donors (Lipinski definition) is 0. The van der Waals surface area contributed by atoms with E-state index in [9.17, 15) is 17.2 Å². The zero-order chi connectivity index (χ0) is 12.5. The van der Waals surface area contributed by atoms with Gasteiger partial charge in [0.05, 0.1) is 11.1 Å². The first-order valence-corrected chi connectivity index (χ1v) is 6.98. The average molecular weight is 269 g/mol. The number of halogens is 3. The molecule has 0 saturated heterocycles. The van der Waals surface area contributed by atoms with E-state index in [0.29, 0.717) is 6.07 Å². The number of hydrogen-bond acceptors (Lipinski definition) is 2. The number of benzene rings is 1. The largest absolute Gasteiger partial charge is 0.229 e. The molecule has 6 heteroatoms. The standard InChI is InChI=1S/C10H11ClF2O2S/c1-6-3-7(10(13)4-9(6)12)8(11)5-16(2,14)15/h3-4,8H,5H2,1-2H3. The van der Waals surface area contributed by atoms with Gasteiger partial charge in [0.1, 0.15) is 21.5 Å². The zero-order valence-electron chi connectivity index (χ0n) is 8.80. The van der Waals surface area contributed by atoms with Crippen molar-refractivity contribution >= 4 is 21.4 Å². The Bertz CT molecular complexity index is 500. The highest BCUT2D eigenvalue weighted by Gasteiger charge is 2.19. The molecule has 0 aromatic heterocycles. The Kier molecular flexibility index (Phi) is 3.91. The highest BCUT2D eigenvalue weighted by molar-refractivity contribution is 7.90. The lowest BCUT2D eigenvalue weighted by Crippen LogP contribution is -2.10. The van der Waals surface area contributed by atoms with E-state index in [4.69, 9.17) is 11.6 Å². The minimum atomic E-state index is -3.30. The summed E-state index contributed by atoms with van der Waals surface area (Å²) in [6.45, 7) is 1.46. The van der Waals surface area contributed by atoms with Gasteiger partial charge >= 0.3 is 0 Å². The lowest BCUT2D eigenvalue weighted by atomic mass is 10.1. The monoisotopic (exact) mass is 268 g/mol. The van der Waals surface area contributed by atoms with Crippen molar-refractivity contribution in [3.05, 3.63) is 34.9 Å². The summed E-state index contributed by atoms with van der Waals surface area (Å²) in [6.07, 6.45) is 1.01. The van der Waals surface area contributed by atoms with Crippen molar-refractivity contribution in [2.45, 2.75) is 12.3 Å². The van der Waals surface area contributed by atoms with Gasteiger partial charge in [-0.05, 0) is 18.6 Å². The molecule has 0 spiro atoms. The third-order valence-corrected chi connectivity index (χ3v) is 3.58. The molecule has 0 radical (unpaired) electrons. The first-order chi connectivity index (χ1) is 7.20. The minimum Gasteiger partial charge on any atom is -0.229 e. The van der Waals surface area contributed by atoms with E-state index in [0.717, 1.165) is 6.26 Å². The van der Waals surface area contributed by atoms with Gasteiger partial charge in [-0.1, -0.05) is 0 Å². The first-order valence-electron chi connectivity index (χ1n) is 4.48. The third kappa shape index (κ3) is 3.42. The Hall–Kier alpha value is -0.680. The van der Waals surface area contributed by atoms with E-state index in [-0.39, 0.29) is 16.9 Å². The third-order valence-electron chi connectivity index (χ3n) is 2.06. The Balaban J connectivity index is 3.09. The Morgan fingerprint density at radius 3 is 2.38 bits per heavy atom. The quantitative estimate of drug-likeness (QED) is 0.790. The molecule has 0 N–H and O–H groups in total. The molecule has 0 amide bonds. The fourth-order valence-electron chi connectivity index (χ4n) is 1.28. The van der Waals surface area contributed by atoms with Crippen LogP contribution in [-0.4, -0.2) is 20.4 Å². The molecular weight excluding hydrogens is 258 g/mol. The molecule has 16 heavy (non-hydrogen) atoms. The van der Waals surface area contributed by atoms with Crippen LogP contribution in [0, 0.1) is 18.6 Å². The molecule has 0 saturated carbocycles. The fraction of sp³-hybridized carbons (Fsp3) is 0.400. The summed E-state index contributed by atoms with van der Waals surface area (Å²) < 4.78 is 48.3. The summed E-state index contributed by atoms with van der Waals surface area (Å²) in [5.41, 5.74) is 0.238. The van der Waals surface area contributed by atoms with Crippen LogP contribution in [-0.2, 0) is 9.84 Å². The molecule has 0 fully saturated rings. The predicted octanol–water partition coefficient (Wildman–Crippen LogP) is 2.60. The molecule has 2 nitrogen and oxygen atoms in total. The van der Waals surface area contributed by atoms with Crippen molar-refractivity contribution in [1.29, 1.82) is 0 Å². The van der Waals surface area contributed by atoms with Gasteiger partial charge in [-0.15, -0.1) is 11.6 Å². The van der Waals surface area contributed by atoms with Crippen LogP contribution >= 0.6 is 11.6 Å². The lowest BCUT2D eigenvalue weighted by Gasteiger charge is -2.11. The summed E-state index contributed by atoms with van der Waals surface area (Å²) in [6, 6.07) is 1.94. The van der Waals surface area contributed by atoms with Crippen molar-refractivity contribution in [1.82, 2.24) is 0 Å². The second kappa shape index (κ2) is 4.67. The average Bonchev–Trinajstić information content (AvgIpc) is 2.08. The van der Waals surface area contributed by atoms with Gasteiger partial charge in [0.2, 0.25) is 0 Å². The maximum absolute atomic E-state index is 13.3. The van der Waals surface area contributed by atoms with Crippen molar-refractivity contribution in [3.8, 4) is 0 Å². The Labute approximate surface area is 98.2 Å². The maximum Gasteiger partial charge on any atom is 0.149 e. The first kappa shape index (κ1) is 13.4. The molecule has 1 unspecified atom stereocenters. The SMILES string of the molecule is Cc1cc(C(Cl)CS(C)(=O)=O)c(F)cc1F. The van der Waals surface area contributed by atoms with Crippen LogP contribution in [0.1, 0.15) is 16.5 Å². The van der Waals surface area contributed by atoms with Gasteiger partial charge < -0.3 is 0 Å².